The summed E-state index contributed by atoms with van der Waals surface area (Å²) in [6.45, 7) is -0.384. The topological polar surface area (TPSA) is 104 Å². The summed E-state index contributed by atoms with van der Waals surface area (Å²) in [6, 6.07) is 9.77. The van der Waals surface area contributed by atoms with Crippen LogP contribution in [0.5, 0.6) is 5.75 Å². The first-order valence-electron chi connectivity index (χ1n) is 9.76. The molecule has 1 fully saturated rings. The van der Waals surface area contributed by atoms with E-state index in [4.69, 9.17) is 21.1 Å². The molecule has 7 nitrogen and oxygen atoms in total. The van der Waals surface area contributed by atoms with Crippen LogP contribution in [0, 0.1) is 5.82 Å². The highest BCUT2D eigenvalue weighted by atomic mass is 35.5. The number of aliphatic hydroxyl groups is 4. The Morgan fingerprint density at radius 3 is 2.58 bits per heavy atom. The van der Waals surface area contributed by atoms with Gasteiger partial charge in [-0.1, -0.05) is 29.8 Å². The highest BCUT2D eigenvalue weighted by Gasteiger charge is 2.44. The second-order valence-electron chi connectivity index (χ2n) is 7.56. The van der Waals surface area contributed by atoms with Gasteiger partial charge in [0.05, 0.1) is 30.8 Å². The lowest BCUT2D eigenvalue weighted by molar-refractivity contribution is -0.231. The number of benzene rings is 2. The van der Waals surface area contributed by atoms with E-state index in [0.717, 1.165) is 0 Å². The number of ether oxygens (including phenoxy) is 2. The van der Waals surface area contributed by atoms with Crippen molar-refractivity contribution in [2.24, 2.45) is 0 Å². The minimum atomic E-state index is -1.51. The maximum Gasteiger partial charge on any atom is 0.131 e. The van der Waals surface area contributed by atoms with Gasteiger partial charge >= 0.3 is 0 Å². The molecule has 0 saturated carbocycles. The van der Waals surface area contributed by atoms with E-state index in [1.54, 1.807) is 41.1 Å². The summed E-state index contributed by atoms with van der Waals surface area (Å²) in [6.07, 6.45) is -4.80. The Kier molecular flexibility index (Phi) is 6.20. The molecule has 1 aromatic heterocycles. The van der Waals surface area contributed by atoms with Gasteiger partial charge in [0.2, 0.25) is 0 Å². The lowest BCUT2D eigenvalue weighted by Crippen LogP contribution is -2.55. The predicted octanol–water partition coefficient (Wildman–Crippen LogP) is 2.01. The number of halogens is 2. The summed E-state index contributed by atoms with van der Waals surface area (Å²) in [5.41, 5.74) is 1.51. The summed E-state index contributed by atoms with van der Waals surface area (Å²) in [5, 5.41) is 41.4. The Balaban J connectivity index is 1.79. The van der Waals surface area contributed by atoms with Crippen LogP contribution in [0.1, 0.15) is 17.2 Å². The Morgan fingerprint density at radius 1 is 1.13 bits per heavy atom. The molecule has 1 aliphatic heterocycles. The molecule has 0 amide bonds. The summed E-state index contributed by atoms with van der Waals surface area (Å²) < 4.78 is 27.1. The van der Waals surface area contributed by atoms with Gasteiger partial charge in [-0.2, -0.15) is 0 Å². The van der Waals surface area contributed by atoms with Crippen LogP contribution in [0.25, 0.3) is 10.9 Å². The number of para-hydroxylation sites is 1. The zero-order valence-corrected chi connectivity index (χ0v) is 17.4. The van der Waals surface area contributed by atoms with Crippen LogP contribution in [0.15, 0.2) is 42.6 Å². The van der Waals surface area contributed by atoms with Gasteiger partial charge in [-0.15, -0.1) is 0 Å². The Bertz CT molecular complexity index is 1090. The Hall–Kier alpha value is -2.20. The summed E-state index contributed by atoms with van der Waals surface area (Å²) >= 11 is 6.45. The van der Waals surface area contributed by atoms with Crippen molar-refractivity contribution in [3.05, 3.63) is 64.6 Å². The molecule has 2 heterocycles. The Labute approximate surface area is 182 Å². The molecule has 9 heteroatoms. The third-order valence-corrected chi connectivity index (χ3v) is 5.98. The molecule has 3 aromatic rings. The lowest BCUT2D eigenvalue weighted by atomic mass is 9.91. The molecule has 2 aromatic carbocycles. The number of aliphatic hydroxyl groups excluding tert-OH is 4. The minimum Gasteiger partial charge on any atom is -0.497 e. The molecule has 0 spiro atoms. The van der Waals surface area contributed by atoms with Crippen LogP contribution in [0.4, 0.5) is 4.39 Å². The molecule has 5 atom stereocenters. The van der Waals surface area contributed by atoms with E-state index >= 15 is 0 Å². The molecule has 0 unspecified atom stereocenters. The number of nitrogens with zero attached hydrogens (tertiary/aromatic N) is 1. The smallest absolute Gasteiger partial charge is 0.131 e. The zero-order chi connectivity index (χ0) is 22.3. The van der Waals surface area contributed by atoms with Crippen LogP contribution < -0.4 is 4.74 Å². The maximum atomic E-state index is 14.6. The van der Waals surface area contributed by atoms with Gasteiger partial charge in [0, 0.05) is 28.8 Å². The van der Waals surface area contributed by atoms with Crippen molar-refractivity contribution in [2.45, 2.75) is 37.1 Å². The van der Waals surface area contributed by atoms with Crippen molar-refractivity contribution in [3.8, 4) is 5.75 Å². The van der Waals surface area contributed by atoms with E-state index < -0.39 is 42.9 Å². The molecular weight excluding hydrogens is 429 g/mol. The quantitative estimate of drug-likeness (QED) is 0.473. The summed E-state index contributed by atoms with van der Waals surface area (Å²) in [5.74, 6) is -0.0405. The predicted molar refractivity (Wildman–Crippen MR) is 112 cm³/mol. The van der Waals surface area contributed by atoms with Gasteiger partial charge in [-0.3, -0.25) is 0 Å². The standard InChI is InChI=1S/C22H23ClFNO6/c1-30-12-6-5-11(16(24)7-12)8-25-9-14(13-3-2-4-15(23)18(13)25)22-21(29)20(28)19(27)17(10-26)31-22/h2-7,9,17,19-22,26-29H,8,10H2,1H3/t17-,19-,20+,21-,22+/m1/s1. The van der Waals surface area contributed by atoms with Gasteiger partial charge < -0.3 is 34.5 Å². The maximum absolute atomic E-state index is 14.6. The van der Waals surface area contributed by atoms with Crippen molar-refractivity contribution < 1.29 is 34.3 Å². The van der Waals surface area contributed by atoms with E-state index in [0.29, 0.717) is 32.8 Å². The fourth-order valence-electron chi connectivity index (χ4n) is 4.02. The molecule has 1 saturated heterocycles. The van der Waals surface area contributed by atoms with Crippen molar-refractivity contribution >= 4 is 22.5 Å². The van der Waals surface area contributed by atoms with E-state index in [-0.39, 0.29) is 6.54 Å². The first-order valence-corrected chi connectivity index (χ1v) is 10.1. The van der Waals surface area contributed by atoms with Gasteiger partial charge in [0.25, 0.3) is 0 Å². The van der Waals surface area contributed by atoms with Crippen molar-refractivity contribution in [1.82, 2.24) is 4.57 Å². The van der Waals surface area contributed by atoms with E-state index in [1.807, 2.05) is 0 Å². The van der Waals surface area contributed by atoms with E-state index in [2.05, 4.69) is 0 Å². The molecule has 1 aliphatic rings. The molecule has 4 rings (SSSR count). The largest absolute Gasteiger partial charge is 0.497 e. The van der Waals surface area contributed by atoms with Crippen LogP contribution in [0.2, 0.25) is 5.02 Å². The third kappa shape index (κ3) is 3.91. The van der Waals surface area contributed by atoms with Crippen LogP contribution >= 0.6 is 11.6 Å². The monoisotopic (exact) mass is 451 g/mol. The molecular formula is C22H23ClFNO6. The SMILES string of the molecule is COc1ccc(Cn2cc([C@@H]3O[C@H](CO)[C@@H](O)[C@H](O)[C@H]3O)c3cccc(Cl)c32)c(F)c1. The average molecular weight is 452 g/mol. The Morgan fingerprint density at radius 2 is 1.90 bits per heavy atom. The van der Waals surface area contributed by atoms with Crippen LogP contribution in [0.3, 0.4) is 0 Å². The van der Waals surface area contributed by atoms with Gasteiger partial charge in [0.15, 0.2) is 0 Å². The minimum absolute atomic E-state index is 0.146. The molecule has 0 aliphatic carbocycles. The second-order valence-corrected chi connectivity index (χ2v) is 7.96. The number of fused-ring (bicyclic) bond motifs is 1. The van der Waals surface area contributed by atoms with Crippen molar-refractivity contribution in [1.29, 1.82) is 0 Å². The molecule has 31 heavy (non-hydrogen) atoms. The third-order valence-electron chi connectivity index (χ3n) is 5.68. The van der Waals surface area contributed by atoms with Crippen molar-refractivity contribution in [3.63, 3.8) is 0 Å². The molecule has 166 valence electrons. The summed E-state index contributed by atoms with van der Waals surface area (Å²) in [4.78, 5) is 0. The highest BCUT2D eigenvalue weighted by molar-refractivity contribution is 6.35. The molecule has 0 radical (unpaired) electrons. The zero-order valence-electron chi connectivity index (χ0n) is 16.7. The second kappa shape index (κ2) is 8.74. The van der Waals surface area contributed by atoms with Gasteiger partial charge in [-0.25, -0.2) is 4.39 Å². The fourth-order valence-corrected chi connectivity index (χ4v) is 4.30. The van der Waals surface area contributed by atoms with E-state index in [9.17, 15) is 24.8 Å². The number of hydrogen-bond acceptors (Lipinski definition) is 6. The highest BCUT2D eigenvalue weighted by Crippen LogP contribution is 2.39. The van der Waals surface area contributed by atoms with Crippen molar-refractivity contribution in [2.75, 3.05) is 13.7 Å². The normalized spacial score (nSPS) is 26.4. The number of hydrogen-bond donors (Lipinski definition) is 4. The number of methoxy groups -OCH3 is 1. The average Bonchev–Trinajstić information content (AvgIpc) is 3.13. The fraction of sp³-hybridized carbons (Fsp3) is 0.364. The van der Waals surface area contributed by atoms with E-state index in [1.165, 1.54) is 13.2 Å². The van der Waals surface area contributed by atoms with Crippen LogP contribution in [-0.2, 0) is 11.3 Å². The van der Waals surface area contributed by atoms with Gasteiger partial charge in [-0.05, 0) is 12.1 Å². The lowest BCUT2D eigenvalue weighted by Gasteiger charge is -2.40. The first-order chi connectivity index (χ1) is 14.8. The number of rotatable bonds is 5. The van der Waals surface area contributed by atoms with Crippen LogP contribution in [-0.4, -0.2) is 63.1 Å². The first kappa shape index (κ1) is 22.0. The number of aromatic nitrogens is 1. The van der Waals surface area contributed by atoms with Gasteiger partial charge in [0.1, 0.15) is 42.1 Å². The summed E-state index contributed by atoms with van der Waals surface area (Å²) in [7, 11) is 1.46. The molecule has 4 N–H and O–H groups in total. The molecule has 0 bridgehead atoms.